The van der Waals surface area contributed by atoms with Crippen molar-refractivity contribution in [1.29, 1.82) is 5.41 Å². The average Bonchev–Trinajstić information content (AvgIpc) is 2.89. The lowest BCUT2D eigenvalue weighted by Crippen LogP contribution is -2.50. The van der Waals surface area contributed by atoms with E-state index in [1.54, 1.807) is 25.4 Å². The number of rotatable bonds is 8. The van der Waals surface area contributed by atoms with Gasteiger partial charge in [0.15, 0.2) is 0 Å². The molecule has 1 amide bonds. The van der Waals surface area contributed by atoms with E-state index in [1.807, 2.05) is 43.3 Å². The minimum absolute atomic E-state index is 0.248. The molecule has 0 radical (unpaired) electrons. The fraction of sp³-hybridized carbons (Fsp3) is 0.296. The summed E-state index contributed by atoms with van der Waals surface area (Å²) < 4.78 is 20.2. The largest absolute Gasteiger partial charge is 0.457 e. The van der Waals surface area contributed by atoms with E-state index in [0.29, 0.717) is 36.4 Å². The number of pyridine rings is 1. The molecule has 0 unspecified atom stereocenters. The number of carbonyl (C=O) groups excluding carboxylic acids is 1. The molecule has 7 nitrogen and oxygen atoms in total. The maximum absolute atomic E-state index is 14.2. The van der Waals surface area contributed by atoms with Gasteiger partial charge in [0.1, 0.15) is 17.7 Å². The highest BCUT2D eigenvalue weighted by atomic mass is 19.1. The molecular weight excluding hydrogens is 445 g/mol. The van der Waals surface area contributed by atoms with Crippen LogP contribution in [-0.4, -0.2) is 49.5 Å². The van der Waals surface area contributed by atoms with Gasteiger partial charge in [-0.05, 0) is 55.3 Å². The predicted octanol–water partition coefficient (Wildman–Crippen LogP) is 4.57. The molecule has 2 atom stereocenters. The van der Waals surface area contributed by atoms with Crippen molar-refractivity contribution in [1.82, 2.24) is 15.6 Å². The zero-order valence-electron chi connectivity index (χ0n) is 19.9. The highest BCUT2D eigenvalue weighted by molar-refractivity contribution is 5.96. The third-order valence-electron chi connectivity index (χ3n) is 6.17. The fourth-order valence-corrected chi connectivity index (χ4v) is 4.21. The Morgan fingerprint density at radius 3 is 2.80 bits per heavy atom. The number of ether oxygens (including phenoxy) is 1. The monoisotopic (exact) mass is 475 g/mol. The summed E-state index contributed by atoms with van der Waals surface area (Å²) >= 11 is 0. The number of amides is 1. The van der Waals surface area contributed by atoms with Gasteiger partial charge >= 0.3 is 0 Å². The molecule has 182 valence electrons. The molecule has 4 N–H and O–H groups in total. The number of halogens is 1. The number of hydrogen-bond acceptors (Lipinski definition) is 6. The first kappa shape index (κ1) is 24.3. The standard InChI is InChI=1S/C27H30FN5O2/c1-3-17-12-18(5-7-22(17)27(34)33-24-9-10-31-16-23(24)28)26-14-21(8-11-32-26)35-20-6-4-19(15-29)25(13-20)30-2/h4-8,11-15,23-24,29-31H,3,9-10,16H2,1-2H3,(H,33,34)/t23-,24+/m1/s1. The van der Waals surface area contributed by atoms with Gasteiger partial charge < -0.3 is 26.1 Å². The van der Waals surface area contributed by atoms with Crippen molar-refractivity contribution in [3.05, 3.63) is 71.4 Å². The van der Waals surface area contributed by atoms with E-state index in [1.165, 1.54) is 6.21 Å². The molecule has 35 heavy (non-hydrogen) atoms. The minimum Gasteiger partial charge on any atom is -0.457 e. The van der Waals surface area contributed by atoms with Gasteiger partial charge in [-0.15, -0.1) is 0 Å². The summed E-state index contributed by atoms with van der Waals surface area (Å²) in [6.07, 6.45) is 3.11. The molecule has 0 saturated carbocycles. The van der Waals surface area contributed by atoms with Crippen LogP contribution in [-0.2, 0) is 6.42 Å². The van der Waals surface area contributed by atoms with Crippen molar-refractivity contribution in [3.63, 3.8) is 0 Å². The van der Waals surface area contributed by atoms with E-state index < -0.39 is 12.2 Å². The molecule has 1 aliphatic heterocycles. The second-order valence-electron chi connectivity index (χ2n) is 8.44. The van der Waals surface area contributed by atoms with Gasteiger partial charge in [0.25, 0.3) is 5.91 Å². The summed E-state index contributed by atoms with van der Waals surface area (Å²) in [5.74, 6) is 1.02. The lowest BCUT2D eigenvalue weighted by Gasteiger charge is -2.27. The lowest BCUT2D eigenvalue weighted by molar-refractivity contribution is 0.0891. The molecule has 0 aliphatic carbocycles. The van der Waals surface area contributed by atoms with Gasteiger partial charge in [-0.25, -0.2) is 4.39 Å². The lowest BCUT2D eigenvalue weighted by atomic mass is 9.98. The highest BCUT2D eigenvalue weighted by Gasteiger charge is 2.27. The van der Waals surface area contributed by atoms with Crippen molar-refractivity contribution >= 4 is 17.8 Å². The summed E-state index contributed by atoms with van der Waals surface area (Å²) in [4.78, 5) is 17.4. The smallest absolute Gasteiger partial charge is 0.251 e. The molecule has 1 saturated heterocycles. The molecule has 1 aliphatic rings. The first-order valence-electron chi connectivity index (χ1n) is 11.8. The molecule has 4 rings (SSSR count). The molecule has 0 spiro atoms. The van der Waals surface area contributed by atoms with E-state index in [4.69, 9.17) is 10.1 Å². The number of anilines is 1. The Hall–Kier alpha value is -3.78. The first-order valence-corrected chi connectivity index (χ1v) is 11.8. The van der Waals surface area contributed by atoms with Crippen molar-refractivity contribution < 1.29 is 13.9 Å². The third-order valence-corrected chi connectivity index (χ3v) is 6.17. The molecule has 2 heterocycles. The zero-order valence-corrected chi connectivity index (χ0v) is 19.9. The summed E-state index contributed by atoms with van der Waals surface area (Å²) in [7, 11) is 1.80. The summed E-state index contributed by atoms with van der Waals surface area (Å²) in [5, 5.41) is 16.4. The first-order chi connectivity index (χ1) is 17.0. The van der Waals surface area contributed by atoms with Crippen LogP contribution in [0.15, 0.2) is 54.7 Å². The van der Waals surface area contributed by atoms with Gasteiger partial charge in [-0.1, -0.05) is 13.0 Å². The highest BCUT2D eigenvalue weighted by Crippen LogP contribution is 2.29. The summed E-state index contributed by atoms with van der Waals surface area (Å²) in [5.41, 5.74) is 4.59. The van der Waals surface area contributed by atoms with Gasteiger partial charge in [-0.2, -0.15) is 0 Å². The van der Waals surface area contributed by atoms with E-state index >= 15 is 0 Å². The van der Waals surface area contributed by atoms with E-state index in [-0.39, 0.29) is 12.5 Å². The Balaban J connectivity index is 1.54. The van der Waals surface area contributed by atoms with E-state index in [2.05, 4.69) is 20.9 Å². The Morgan fingerprint density at radius 1 is 1.23 bits per heavy atom. The number of nitrogens with zero attached hydrogens (tertiary/aromatic N) is 1. The zero-order chi connectivity index (χ0) is 24.8. The van der Waals surface area contributed by atoms with Crippen LogP contribution >= 0.6 is 0 Å². The molecule has 0 bridgehead atoms. The number of aryl methyl sites for hydroxylation is 1. The van der Waals surface area contributed by atoms with Gasteiger partial charge in [0, 0.05) is 60.5 Å². The number of alkyl halides is 1. The van der Waals surface area contributed by atoms with Crippen molar-refractivity contribution in [3.8, 4) is 22.8 Å². The maximum Gasteiger partial charge on any atom is 0.251 e. The van der Waals surface area contributed by atoms with Crippen molar-refractivity contribution in [2.45, 2.75) is 32.0 Å². The summed E-state index contributed by atoms with van der Waals surface area (Å²) in [6, 6.07) is 14.2. The van der Waals surface area contributed by atoms with Crippen molar-refractivity contribution in [2.75, 3.05) is 25.5 Å². The van der Waals surface area contributed by atoms with Crippen LogP contribution in [0.1, 0.15) is 34.8 Å². The van der Waals surface area contributed by atoms with E-state index in [0.717, 1.165) is 28.1 Å². The van der Waals surface area contributed by atoms with Crippen LogP contribution in [0.3, 0.4) is 0 Å². The molecule has 3 aromatic rings. The summed E-state index contributed by atoms with van der Waals surface area (Å²) in [6.45, 7) is 2.94. The number of aromatic nitrogens is 1. The van der Waals surface area contributed by atoms with Crippen LogP contribution in [0.25, 0.3) is 11.3 Å². The van der Waals surface area contributed by atoms with Gasteiger partial charge in [0.2, 0.25) is 0 Å². The second kappa shape index (κ2) is 11.1. The number of carbonyl (C=O) groups is 1. The van der Waals surface area contributed by atoms with Crippen LogP contribution in [0.2, 0.25) is 0 Å². The van der Waals surface area contributed by atoms with Crippen LogP contribution < -0.4 is 20.7 Å². The second-order valence-corrected chi connectivity index (χ2v) is 8.44. The Kier molecular flexibility index (Phi) is 7.72. The van der Waals surface area contributed by atoms with Gasteiger partial charge in [0.05, 0.1) is 11.7 Å². The Bertz CT molecular complexity index is 1220. The molecule has 1 fully saturated rings. The quantitative estimate of drug-likeness (QED) is 0.358. The number of nitrogens with one attached hydrogen (secondary N) is 4. The number of benzene rings is 2. The average molecular weight is 476 g/mol. The minimum atomic E-state index is -1.09. The Morgan fingerprint density at radius 2 is 2.06 bits per heavy atom. The molecule has 8 heteroatoms. The number of hydrogen-bond donors (Lipinski definition) is 4. The van der Waals surface area contributed by atoms with Crippen molar-refractivity contribution in [2.24, 2.45) is 0 Å². The molecule has 1 aromatic heterocycles. The predicted molar refractivity (Wildman–Crippen MR) is 137 cm³/mol. The van der Waals surface area contributed by atoms with Crippen LogP contribution in [0, 0.1) is 5.41 Å². The fourth-order valence-electron chi connectivity index (χ4n) is 4.21. The van der Waals surface area contributed by atoms with E-state index in [9.17, 15) is 9.18 Å². The van der Waals surface area contributed by atoms with Crippen LogP contribution in [0.5, 0.6) is 11.5 Å². The molecule has 2 aromatic carbocycles. The topological polar surface area (TPSA) is 99.1 Å². The Labute approximate surface area is 204 Å². The van der Waals surface area contributed by atoms with Gasteiger partial charge in [-0.3, -0.25) is 9.78 Å². The van der Waals surface area contributed by atoms with Crippen LogP contribution in [0.4, 0.5) is 10.1 Å². The number of piperidine rings is 1. The normalized spacial score (nSPS) is 17.5. The molecular formula is C27H30FN5O2. The SMILES string of the molecule is CCc1cc(-c2cc(Oc3ccc(C=N)c(NC)c3)ccn2)ccc1C(=O)N[C@H]1CCNC[C@H]1F. The third kappa shape index (κ3) is 5.66. The maximum atomic E-state index is 14.2.